The van der Waals surface area contributed by atoms with Crippen molar-refractivity contribution < 1.29 is 20.1 Å². The second-order valence-electron chi connectivity index (χ2n) is 3.77. The van der Waals surface area contributed by atoms with Gasteiger partial charge in [-0.15, -0.1) is 0 Å². The van der Waals surface area contributed by atoms with Gasteiger partial charge in [0.05, 0.1) is 0 Å². The summed E-state index contributed by atoms with van der Waals surface area (Å²) in [7, 11) is 0. The molecule has 0 saturated heterocycles. The maximum absolute atomic E-state index is 11.0. The van der Waals surface area contributed by atoms with Gasteiger partial charge < -0.3 is 15.3 Å². The van der Waals surface area contributed by atoms with E-state index in [-0.39, 0.29) is 17.9 Å². The Morgan fingerprint density at radius 2 is 2.12 bits per heavy atom. The Morgan fingerprint density at radius 1 is 1.50 bits per heavy atom. The van der Waals surface area contributed by atoms with Crippen molar-refractivity contribution in [3.63, 3.8) is 0 Å². The molecular formula is C10H14N2O4. The van der Waals surface area contributed by atoms with Gasteiger partial charge in [0.15, 0.2) is 0 Å². The van der Waals surface area contributed by atoms with Crippen LogP contribution in [-0.2, 0) is 11.2 Å². The first-order valence-electron chi connectivity index (χ1n) is 4.61. The van der Waals surface area contributed by atoms with Crippen molar-refractivity contribution in [2.75, 3.05) is 0 Å². The molecule has 0 aliphatic carbocycles. The maximum atomic E-state index is 11.0. The fourth-order valence-electron chi connectivity index (χ4n) is 1.28. The predicted molar refractivity (Wildman–Crippen MR) is 56.8 cm³/mol. The van der Waals surface area contributed by atoms with E-state index in [0.717, 1.165) is 0 Å². The van der Waals surface area contributed by atoms with Crippen LogP contribution < -0.4 is 11.3 Å². The molecule has 1 atom stereocenters. The summed E-state index contributed by atoms with van der Waals surface area (Å²) in [5, 5.41) is 27.7. The summed E-state index contributed by atoms with van der Waals surface area (Å²) in [6.07, 6.45) is -0.0426. The highest BCUT2D eigenvalue weighted by molar-refractivity contribution is 5.78. The zero-order valence-corrected chi connectivity index (χ0v) is 8.77. The van der Waals surface area contributed by atoms with Gasteiger partial charge in [-0.05, 0) is 30.7 Å². The van der Waals surface area contributed by atoms with E-state index in [2.05, 4.69) is 5.43 Å². The zero-order valence-electron chi connectivity index (χ0n) is 8.77. The van der Waals surface area contributed by atoms with E-state index in [4.69, 9.17) is 10.9 Å². The van der Waals surface area contributed by atoms with Crippen molar-refractivity contribution in [2.24, 2.45) is 5.84 Å². The lowest BCUT2D eigenvalue weighted by Gasteiger charge is -2.24. The summed E-state index contributed by atoms with van der Waals surface area (Å²) in [6, 6.07) is 3.91. The molecule has 1 unspecified atom stereocenters. The molecule has 6 nitrogen and oxygen atoms in total. The van der Waals surface area contributed by atoms with Gasteiger partial charge in [0.1, 0.15) is 17.0 Å². The van der Waals surface area contributed by atoms with Crippen LogP contribution in [0.2, 0.25) is 0 Å². The number of benzene rings is 1. The van der Waals surface area contributed by atoms with Crippen molar-refractivity contribution in [1.82, 2.24) is 5.43 Å². The molecule has 0 aromatic heterocycles. The second-order valence-corrected chi connectivity index (χ2v) is 3.77. The third kappa shape index (κ3) is 2.41. The standard InChI is InChI=1S/C10H14N2O4/c1-10(12-11,9(15)16)5-6-4-7(13)2-3-8(6)14/h2-4,12-14H,5,11H2,1H3,(H,15,16). The number of aromatic hydroxyl groups is 2. The number of nitrogens with two attached hydrogens (primary N) is 1. The molecule has 0 spiro atoms. The first kappa shape index (κ1) is 12.3. The van der Waals surface area contributed by atoms with E-state index in [9.17, 15) is 15.0 Å². The molecule has 1 rings (SSSR count). The van der Waals surface area contributed by atoms with Gasteiger partial charge in [-0.1, -0.05) is 0 Å². The zero-order chi connectivity index (χ0) is 12.3. The van der Waals surface area contributed by atoms with E-state index in [0.29, 0.717) is 5.56 Å². The van der Waals surface area contributed by atoms with Gasteiger partial charge in [0.2, 0.25) is 0 Å². The minimum absolute atomic E-state index is 0.0426. The van der Waals surface area contributed by atoms with Crippen LogP contribution in [-0.4, -0.2) is 26.8 Å². The SMILES string of the molecule is CC(Cc1cc(O)ccc1O)(NN)C(=O)O. The molecule has 0 bridgehead atoms. The van der Waals surface area contributed by atoms with Gasteiger partial charge in [-0.3, -0.25) is 10.6 Å². The maximum Gasteiger partial charge on any atom is 0.325 e. The van der Waals surface area contributed by atoms with E-state index >= 15 is 0 Å². The van der Waals surface area contributed by atoms with Crippen molar-refractivity contribution in [1.29, 1.82) is 0 Å². The molecule has 0 heterocycles. The molecule has 88 valence electrons. The Hall–Kier alpha value is -1.79. The molecule has 16 heavy (non-hydrogen) atoms. The van der Waals surface area contributed by atoms with Crippen LogP contribution in [0.5, 0.6) is 11.5 Å². The fourth-order valence-corrected chi connectivity index (χ4v) is 1.28. The number of carboxylic acids is 1. The van der Waals surface area contributed by atoms with Gasteiger partial charge >= 0.3 is 5.97 Å². The first-order valence-corrected chi connectivity index (χ1v) is 4.61. The van der Waals surface area contributed by atoms with Crippen molar-refractivity contribution in [3.05, 3.63) is 23.8 Å². The van der Waals surface area contributed by atoms with E-state index < -0.39 is 11.5 Å². The molecular weight excluding hydrogens is 212 g/mol. The summed E-state index contributed by atoms with van der Waals surface area (Å²) in [6.45, 7) is 1.39. The lowest BCUT2D eigenvalue weighted by molar-refractivity contribution is -0.144. The Balaban J connectivity index is 3.03. The monoisotopic (exact) mass is 226 g/mol. The third-order valence-electron chi connectivity index (χ3n) is 2.40. The van der Waals surface area contributed by atoms with E-state index in [1.807, 2.05) is 0 Å². The number of hydrazine groups is 1. The van der Waals surface area contributed by atoms with Crippen LogP contribution in [0.1, 0.15) is 12.5 Å². The molecule has 1 aromatic carbocycles. The largest absolute Gasteiger partial charge is 0.508 e. The molecule has 0 amide bonds. The molecule has 6 heteroatoms. The van der Waals surface area contributed by atoms with Crippen LogP contribution in [0.25, 0.3) is 0 Å². The summed E-state index contributed by atoms with van der Waals surface area (Å²) in [4.78, 5) is 11.0. The minimum atomic E-state index is -1.40. The average Bonchev–Trinajstić information content (AvgIpc) is 2.23. The fraction of sp³-hybridized carbons (Fsp3) is 0.300. The number of carbonyl (C=O) groups is 1. The molecule has 0 radical (unpaired) electrons. The minimum Gasteiger partial charge on any atom is -0.508 e. The number of hydrogen-bond donors (Lipinski definition) is 5. The number of rotatable bonds is 4. The number of hydrogen-bond acceptors (Lipinski definition) is 5. The second kappa shape index (κ2) is 4.38. The average molecular weight is 226 g/mol. The van der Waals surface area contributed by atoms with Crippen LogP contribution in [0.3, 0.4) is 0 Å². The number of nitrogens with one attached hydrogen (secondary N) is 1. The van der Waals surface area contributed by atoms with Gasteiger partial charge in [-0.25, -0.2) is 5.43 Å². The van der Waals surface area contributed by atoms with Crippen molar-refractivity contribution in [3.8, 4) is 11.5 Å². The molecule has 0 aliphatic rings. The highest BCUT2D eigenvalue weighted by atomic mass is 16.4. The van der Waals surface area contributed by atoms with Gasteiger partial charge in [-0.2, -0.15) is 0 Å². The molecule has 1 aromatic rings. The Labute approximate surface area is 92.3 Å². The highest BCUT2D eigenvalue weighted by Gasteiger charge is 2.32. The molecule has 0 fully saturated rings. The smallest absolute Gasteiger partial charge is 0.325 e. The lowest BCUT2D eigenvalue weighted by Crippen LogP contribution is -2.54. The third-order valence-corrected chi connectivity index (χ3v) is 2.40. The van der Waals surface area contributed by atoms with Crippen LogP contribution in [0, 0.1) is 0 Å². The molecule has 0 aliphatic heterocycles. The van der Waals surface area contributed by atoms with Gasteiger partial charge in [0.25, 0.3) is 0 Å². The van der Waals surface area contributed by atoms with Gasteiger partial charge in [0, 0.05) is 6.42 Å². The Morgan fingerprint density at radius 3 is 2.62 bits per heavy atom. The van der Waals surface area contributed by atoms with E-state index in [1.165, 1.54) is 25.1 Å². The summed E-state index contributed by atoms with van der Waals surface area (Å²) in [5.41, 5.74) is 1.09. The van der Waals surface area contributed by atoms with Crippen molar-refractivity contribution in [2.45, 2.75) is 18.9 Å². The number of aliphatic carboxylic acids is 1. The predicted octanol–water partition coefficient (Wildman–Crippen LogP) is -0.0531. The summed E-state index contributed by atoms with van der Waals surface area (Å²) in [5.74, 6) is 3.90. The normalized spacial score (nSPS) is 14.4. The Bertz CT molecular complexity index is 408. The van der Waals surface area contributed by atoms with Crippen LogP contribution >= 0.6 is 0 Å². The van der Waals surface area contributed by atoms with Crippen molar-refractivity contribution >= 4 is 5.97 Å². The highest BCUT2D eigenvalue weighted by Crippen LogP contribution is 2.25. The number of carboxylic acid groups (broad SMARTS) is 1. The molecule has 6 N–H and O–H groups in total. The first-order chi connectivity index (χ1) is 7.39. The number of phenolic OH excluding ortho intramolecular Hbond substituents is 2. The lowest BCUT2D eigenvalue weighted by atomic mass is 9.93. The topological polar surface area (TPSA) is 116 Å². The van der Waals surface area contributed by atoms with E-state index in [1.54, 1.807) is 0 Å². The Kier molecular flexibility index (Phi) is 3.36. The number of phenols is 2. The van der Waals surface area contributed by atoms with Crippen LogP contribution in [0.15, 0.2) is 18.2 Å². The molecule has 0 saturated carbocycles. The quantitative estimate of drug-likeness (QED) is 0.279. The van der Waals surface area contributed by atoms with Crippen LogP contribution in [0.4, 0.5) is 0 Å². The summed E-state index contributed by atoms with van der Waals surface area (Å²) >= 11 is 0. The summed E-state index contributed by atoms with van der Waals surface area (Å²) < 4.78 is 0.